The van der Waals surface area contributed by atoms with E-state index in [1.54, 1.807) is 13.1 Å². The summed E-state index contributed by atoms with van der Waals surface area (Å²) in [4.78, 5) is 12.8. The number of nitrogens with zero attached hydrogens (tertiary/aromatic N) is 2. The summed E-state index contributed by atoms with van der Waals surface area (Å²) in [5.74, 6) is 1.15. The summed E-state index contributed by atoms with van der Waals surface area (Å²) >= 11 is 1.85. The van der Waals surface area contributed by atoms with E-state index in [4.69, 9.17) is 0 Å². The number of hydrogen-bond acceptors (Lipinski definition) is 5. The molecule has 0 heterocycles. The van der Waals surface area contributed by atoms with Crippen LogP contribution in [0.5, 0.6) is 0 Å². The summed E-state index contributed by atoms with van der Waals surface area (Å²) < 4.78 is 0. The van der Waals surface area contributed by atoms with Crippen LogP contribution in [0.15, 0.2) is 18.2 Å². The minimum atomic E-state index is -0.361. The normalized spacial score (nSPS) is 12.4. The Morgan fingerprint density at radius 1 is 1.50 bits per heavy atom. The highest BCUT2D eigenvalue weighted by molar-refractivity contribution is 7.98. The molecule has 0 bridgehead atoms. The van der Waals surface area contributed by atoms with Crippen molar-refractivity contribution in [2.45, 2.75) is 25.9 Å². The van der Waals surface area contributed by atoms with Gasteiger partial charge in [0.2, 0.25) is 0 Å². The smallest absolute Gasteiger partial charge is 0.292 e. The van der Waals surface area contributed by atoms with Gasteiger partial charge in [0.15, 0.2) is 0 Å². The summed E-state index contributed by atoms with van der Waals surface area (Å²) in [7, 11) is 3.79. The van der Waals surface area contributed by atoms with Crippen molar-refractivity contribution in [2.75, 3.05) is 31.4 Å². The van der Waals surface area contributed by atoms with Gasteiger partial charge in [-0.1, -0.05) is 6.07 Å². The van der Waals surface area contributed by atoms with Crippen LogP contribution < -0.4 is 5.32 Å². The second kappa shape index (κ2) is 8.11. The maximum Gasteiger partial charge on any atom is 0.292 e. The molecule has 1 unspecified atom stereocenters. The summed E-state index contributed by atoms with van der Waals surface area (Å²) in [5.41, 5.74) is 1.77. The first kappa shape index (κ1) is 16.8. The standard InChI is InChI=1S/C14H23N3O2S/c1-11(7-8-20-4)16(3)10-12-5-6-14(17(18)19)13(9-12)15-2/h5-6,9,11,15H,7-8,10H2,1-4H3. The Hall–Kier alpha value is -1.27. The van der Waals surface area contributed by atoms with Crippen LogP contribution in [-0.4, -0.2) is 42.0 Å². The number of hydrogen-bond donors (Lipinski definition) is 1. The lowest BCUT2D eigenvalue weighted by Crippen LogP contribution is -2.29. The van der Waals surface area contributed by atoms with Gasteiger partial charge in [-0.25, -0.2) is 0 Å². The van der Waals surface area contributed by atoms with Crippen LogP contribution in [0.3, 0.4) is 0 Å². The third-order valence-electron chi connectivity index (χ3n) is 3.45. The van der Waals surface area contributed by atoms with E-state index in [9.17, 15) is 10.1 Å². The highest BCUT2D eigenvalue weighted by Gasteiger charge is 2.15. The van der Waals surface area contributed by atoms with Crippen LogP contribution in [0.1, 0.15) is 18.9 Å². The topological polar surface area (TPSA) is 58.4 Å². The second-order valence-corrected chi connectivity index (χ2v) is 5.89. The van der Waals surface area contributed by atoms with Gasteiger partial charge in [-0.3, -0.25) is 15.0 Å². The zero-order valence-electron chi connectivity index (χ0n) is 12.5. The van der Waals surface area contributed by atoms with Crippen LogP contribution in [0.25, 0.3) is 0 Å². The van der Waals surface area contributed by atoms with Crippen molar-refractivity contribution in [1.82, 2.24) is 4.90 Å². The molecule has 0 radical (unpaired) electrons. The van der Waals surface area contributed by atoms with Gasteiger partial charge in [-0.15, -0.1) is 0 Å². The Kier molecular flexibility index (Phi) is 6.81. The molecule has 6 heteroatoms. The van der Waals surface area contributed by atoms with Gasteiger partial charge >= 0.3 is 0 Å². The van der Waals surface area contributed by atoms with Gasteiger partial charge in [0.25, 0.3) is 5.69 Å². The van der Waals surface area contributed by atoms with E-state index in [-0.39, 0.29) is 10.6 Å². The number of benzene rings is 1. The molecule has 20 heavy (non-hydrogen) atoms. The number of rotatable bonds is 8. The molecule has 0 saturated carbocycles. The summed E-state index contributed by atoms with van der Waals surface area (Å²) in [6, 6.07) is 5.75. The molecule has 112 valence electrons. The van der Waals surface area contributed by atoms with Crippen LogP contribution in [0.2, 0.25) is 0 Å². The zero-order chi connectivity index (χ0) is 15.1. The molecule has 1 aromatic carbocycles. The van der Waals surface area contributed by atoms with Crippen LogP contribution in [0.4, 0.5) is 11.4 Å². The molecule has 0 amide bonds. The lowest BCUT2D eigenvalue weighted by molar-refractivity contribution is -0.384. The number of nitro benzene ring substituents is 1. The third kappa shape index (κ3) is 4.68. The molecular formula is C14H23N3O2S. The number of thioether (sulfide) groups is 1. The quantitative estimate of drug-likeness (QED) is 0.590. The maximum atomic E-state index is 10.9. The predicted octanol–water partition coefficient (Wildman–Crippen LogP) is 3.21. The molecule has 1 aromatic rings. The number of nitro groups is 1. The van der Waals surface area contributed by atoms with E-state index >= 15 is 0 Å². The van der Waals surface area contributed by atoms with E-state index in [2.05, 4.69) is 30.4 Å². The average Bonchev–Trinajstić information content (AvgIpc) is 2.44. The Morgan fingerprint density at radius 3 is 2.75 bits per heavy atom. The van der Waals surface area contributed by atoms with Crippen LogP contribution in [0, 0.1) is 10.1 Å². The molecule has 0 aromatic heterocycles. The molecule has 5 nitrogen and oxygen atoms in total. The molecule has 1 N–H and O–H groups in total. The van der Waals surface area contributed by atoms with E-state index in [0.29, 0.717) is 11.7 Å². The lowest BCUT2D eigenvalue weighted by atomic mass is 10.1. The van der Waals surface area contributed by atoms with Crippen molar-refractivity contribution in [2.24, 2.45) is 0 Å². The average molecular weight is 297 g/mol. The third-order valence-corrected chi connectivity index (χ3v) is 4.10. The Labute approximate surface area is 124 Å². The van der Waals surface area contributed by atoms with E-state index in [1.165, 1.54) is 0 Å². The minimum Gasteiger partial charge on any atom is -0.383 e. The van der Waals surface area contributed by atoms with Crippen LogP contribution >= 0.6 is 11.8 Å². The fourth-order valence-corrected chi connectivity index (χ4v) is 2.57. The molecule has 1 atom stereocenters. The molecular weight excluding hydrogens is 274 g/mol. The number of nitrogens with one attached hydrogen (secondary N) is 1. The first-order valence-electron chi connectivity index (χ1n) is 6.63. The second-order valence-electron chi connectivity index (χ2n) is 4.90. The van der Waals surface area contributed by atoms with Crippen molar-refractivity contribution in [3.05, 3.63) is 33.9 Å². The molecule has 0 saturated heterocycles. The van der Waals surface area contributed by atoms with Crippen molar-refractivity contribution in [1.29, 1.82) is 0 Å². The van der Waals surface area contributed by atoms with Gasteiger partial charge in [-0.05, 0) is 44.0 Å². The van der Waals surface area contributed by atoms with Gasteiger partial charge in [-0.2, -0.15) is 11.8 Å². The van der Waals surface area contributed by atoms with E-state index < -0.39 is 0 Å². The first-order valence-corrected chi connectivity index (χ1v) is 8.03. The SMILES string of the molecule is CNc1cc(CN(C)C(C)CCSC)ccc1[N+](=O)[O-]. The fourth-order valence-electron chi connectivity index (χ4n) is 1.99. The van der Waals surface area contributed by atoms with Gasteiger partial charge in [0.05, 0.1) is 4.92 Å². The molecule has 0 aliphatic rings. The van der Waals surface area contributed by atoms with Crippen LogP contribution in [-0.2, 0) is 6.54 Å². The first-order chi connectivity index (χ1) is 9.49. The van der Waals surface area contributed by atoms with Crippen molar-refractivity contribution >= 4 is 23.1 Å². The monoisotopic (exact) mass is 297 g/mol. The molecule has 0 spiro atoms. The predicted molar refractivity (Wildman–Crippen MR) is 86.6 cm³/mol. The Morgan fingerprint density at radius 2 is 2.20 bits per heavy atom. The van der Waals surface area contributed by atoms with E-state index in [1.807, 2.05) is 23.9 Å². The van der Waals surface area contributed by atoms with Crippen molar-refractivity contribution in [3.63, 3.8) is 0 Å². The largest absolute Gasteiger partial charge is 0.383 e. The zero-order valence-corrected chi connectivity index (χ0v) is 13.4. The van der Waals surface area contributed by atoms with Crippen molar-refractivity contribution in [3.8, 4) is 0 Å². The van der Waals surface area contributed by atoms with Crippen molar-refractivity contribution < 1.29 is 4.92 Å². The van der Waals surface area contributed by atoms with Gasteiger partial charge in [0.1, 0.15) is 5.69 Å². The number of anilines is 1. The molecule has 0 aliphatic carbocycles. The summed E-state index contributed by atoms with van der Waals surface area (Å²) in [5, 5.41) is 13.8. The highest BCUT2D eigenvalue weighted by Crippen LogP contribution is 2.25. The highest BCUT2D eigenvalue weighted by atomic mass is 32.2. The summed E-state index contributed by atoms with van der Waals surface area (Å²) in [6.07, 6.45) is 3.26. The maximum absolute atomic E-state index is 10.9. The fraction of sp³-hybridized carbons (Fsp3) is 0.571. The molecule has 1 rings (SSSR count). The van der Waals surface area contributed by atoms with Gasteiger partial charge in [0, 0.05) is 25.7 Å². The molecule has 0 fully saturated rings. The minimum absolute atomic E-state index is 0.120. The molecule has 0 aliphatic heterocycles. The Bertz CT molecular complexity index is 454. The lowest BCUT2D eigenvalue weighted by Gasteiger charge is -2.24. The Balaban J connectivity index is 2.75. The summed E-state index contributed by atoms with van der Waals surface area (Å²) in [6.45, 7) is 3.00. The van der Waals surface area contributed by atoms with Gasteiger partial charge < -0.3 is 5.32 Å². The van der Waals surface area contributed by atoms with E-state index in [0.717, 1.165) is 24.3 Å².